The van der Waals surface area contributed by atoms with Crippen molar-refractivity contribution >= 4 is 17.3 Å². The second-order valence-corrected chi connectivity index (χ2v) is 5.82. The molecule has 1 N–H and O–H groups in total. The van der Waals surface area contributed by atoms with E-state index in [4.69, 9.17) is 17.0 Å². The van der Waals surface area contributed by atoms with Gasteiger partial charge in [0, 0.05) is 12.6 Å². The monoisotopic (exact) mass is 256 g/mol. The molecule has 0 aromatic heterocycles. The SMILES string of the molecule is CC1CN(C(=S)NC2CCCCC2)C(C)CO1. The number of rotatable bonds is 1. The number of hydrogen-bond donors (Lipinski definition) is 1. The topological polar surface area (TPSA) is 24.5 Å². The molecule has 2 aliphatic rings. The lowest BCUT2D eigenvalue weighted by molar-refractivity contribution is -0.0228. The van der Waals surface area contributed by atoms with Gasteiger partial charge < -0.3 is 15.0 Å². The molecule has 1 saturated carbocycles. The van der Waals surface area contributed by atoms with Gasteiger partial charge in [-0.2, -0.15) is 0 Å². The minimum atomic E-state index is 0.289. The van der Waals surface area contributed by atoms with E-state index in [0.29, 0.717) is 12.1 Å². The Morgan fingerprint density at radius 3 is 2.65 bits per heavy atom. The third-order valence-electron chi connectivity index (χ3n) is 3.80. The summed E-state index contributed by atoms with van der Waals surface area (Å²) in [6.07, 6.45) is 6.90. The third-order valence-corrected chi connectivity index (χ3v) is 4.15. The highest BCUT2D eigenvalue weighted by Gasteiger charge is 2.26. The lowest BCUT2D eigenvalue weighted by atomic mass is 9.96. The zero-order valence-corrected chi connectivity index (χ0v) is 11.8. The molecule has 2 rings (SSSR count). The zero-order chi connectivity index (χ0) is 12.3. The predicted octanol–water partition coefficient (Wildman–Crippen LogP) is 2.30. The van der Waals surface area contributed by atoms with Crippen molar-refractivity contribution in [2.75, 3.05) is 13.2 Å². The first-order valence-electron chi connectivity index (χ1n) is 6.85. The summed E-state index contributed by atoms with van der Waals surface area (Å²) >= 11 is 5.54. The minimum Gasteiger partial charge on any atom is -0.375 e. The summed E-state index contributed by atoms with van der Waals surface area (Å²) in [5, 5.41) is 4.47. The Balaban J connectivity index is 1.85. The fourth-order valence-electron chi connectivity index (χ4n) is 2.69. The lowest BCUT2D eigenvalue weighted by Crippen LogP contribution is -2.55. The molecule has 98 valence electrons. The fourth-order valence-corrected chi connectivity index (χ4v) is 3.11. The van der Waals surface area contributed by atoms with Crippen molar-refractivity contribution in [3.05, 3.63) is 0 Å². The average Bonchev–Trinajstić information content (AvgIpc) is 2.33. The minimum absolute atomic E-state index is 0.289. The van der Waals surface area contributed by atoms with Crippen LogP contribution < -0.4 is 5.32 Å². The van der Waals surface area contributed by atoms with Crippen LogP contribution in [-0.2, 0) is 4.74 Å². The van der Waals surface area contributed by atoms with E-state index < -0.39 is 0 Å². The van der Waals surface area contributed by atoms with Crippen LogP contribution in [0.5, 0.6) is 0 Å². The molecule has 2 fully saturated rings. The lowest BCUT2D eigenvalue weighted by Gasteiger charge is -2.40. The number of morpholine rings is 1. The van der Waals surface area contributed by atoms with Crippen molar-refractivity contribution < 1.29 is 4.74 Å². The second kappa shape index (κ2) is 6.01. The Morgan fingerprint density at radius 1 is 1.24 bits per heavy atom. The summed E-state index contributed by atoms with van der Waals surface area (Å²) in [5.41, 5.74) is 0. The molecule has 0 radical (unpaired) electrons. The molecule has 1 heterocycles. The molecule has 2 unspecified atom stereocenters. The summed E-state index contributed by atoms with van der Waals surface area (Å²) in [4.78, 5) is 2.29. The molecule has 0 aromatic rings. The van der Waals surface area contributed by atoms with Crippen LogP contribution in [0.2, 0.25) is 0 Å². The summed E-state index contributed by atoms with van der Waals surface area (Å²) in [6.45, 7) is 6.00. The van der Waals surface area contributed by atoms with Crippen molar-refractivity contribution in [1.29, 1.82) is 0 Å². The molecule has 0 spiro atoms. The Labute approximate surface area is 110 Å². The second-order valence-electron chi connectivity index (χ2n) is 5.43. The number of hydrogen-bond acceptors (Lipinski definition) is 2. The Kier molecular flexibility index (Phi) is 4.62. The number of ether oxygens (including phenoxy) is 1. The largest absolute Gasteiger partial charge is 0.375 e. The zero-order valence-electron chi connectivity index (χ0n) is 10.9. The van der Waals surface area contributed by atoms with Crippen LogP contribution in [0.1, 0.15) is 46.0 Å². The van der Waals surface area contributed by atoms with E-state index in [2.05, 4.69) is 24.1 Å². The Morgan fingerprint density at radius 2 is 1.94 bits per heavy atom. The molecule has 0 bridgehead atoms. The van der Waals surface area contributed by atoms with Crippen LogP contribution in [0, 0.1) is 0 Å². The smallest absolute Gasteiger partial charge is 0.169 e. The maximum absolute atomic E-state index is 5.63. The summed E-state index contributed by atoms with van der Waals surface area (Å²) in [5.74, 6) is 0. The van der Waals surface area contributed by atoms with Gasteiger partial charge in [0.05, 0.1) is 18.8 Å². The first kappa shape index (κ1) is 13.1. The maximum atomic E-state index is 5.63. The van der Waals surface area contributed by atoms with Crippen LogP contribution in [0.4, 0.5) is 0 Å². The van der Waals surface area contributed by atoms with Crippen molar-refractivity contribution in [3.63, 3.8) is 0 Å². The Hall–Kier alpha value is -0.350. The highest BCUT2D eigenvalue weighted by molar-refractivity contribution is 7.80. The van der Waals surface area contributed by atoms with Crippen LogP contribution in [0.25, 0.3) is 0 Å². The van der Waals surface area contributed by atoms with Gasteiger partial charge in [-0.1, -0.05) is 19.3 Å². The van der Waals surface area contributed by atoms with E-state index in [-0.39, 0.29) is 6.10 Å². The summed E-state index contributed by atoms with van der Waals surface area (Å²) in [7, 11) is 0. The van der Waals surface area contributed by atoms with Gasteiger partial charge in [-0.05, 0) is 38.9 Å². The van der Waals surface area contributed by atoms with Crippen molar-refractivity contribution in [2.45, 2.75) is 64.1 Å². The quantitative estimate of drug-likeness (QED) is 0.728. The highest BCUT2D eigenvalue weighted by Crippen LogP contribution is 2.18. The molecule has 1 aliphatic carbocycles. The van der Waals surface area contributed by atoms with Gasteiger partial charge in [-0.25, -0.2) is 0 Å². The molecular formula is C13H24N2OS. The molecule has 17 heavy (non-hydrogen) atoms. The van der Waals surface area contributed by atoms with E-state index in [0.717, 1.165) is 18.3 Å². The average molecular weight is 256 g/mol. The van der Waals surface area contributed by atoms with E-state index in [1.807, 2.05) is 0 Å². The fraction of sp³-hybridized carbons (Fsp3) is 0.923. The van der Waals surface area contributed by atoms with Gasteiger partial charge in [0.25, 0.3) is 0 Å². The molecule has 1 saturated heterocycles. The number of thiocarbonyl (C=S) groups is 1. The van der Waals surface area contributed by atoms with Gasteiger partial charge in [0.1, 0.15) is 0 Å². The summed E-state index contributed by atoms with van der Waals surface area (Å²) in [6, 6.07) is 0.997. The standard InChI is InChI=1S/C13H24N2OS/c1-10-9-16-11(2)8-15(10)13(17)14-12-6-4-3-5-7-12/h10-12H,3-9H2,1-2H3,(H,14,17). The first-order chi connectivity index (χ1) is 8.16. The van der Waals surface area contributed by atoms with E-state index in [1.54, 1.807) is 0 Å². The maximum Gasteiger partial charge on any atom is 0.169 e. The molecule has 0 aromatic carbocycles. The number of nitrogens with one attached hydrogen (secondary N) is 1. The molecule has 4 heteroatoms. The van der Waals surface area contributed by atoms with Gasteiger partial charge in [-0.15, -0.1) is 0 Å². The number of nitrogens with zero attached hydrogens (tertiary/aromatic N) is 1. The molecule has 1 aliphatic heterocycles. The van der Waals surface area contributed by atoms with Gasteiger partial charge in [0.15, 0.2) is 5.11 Å². The molecular weight excluding hydrogens is 232 g/mol. The van der Waals surface area contributed by atoms with E-state index >= 15 is 0 Å². The van der Waals surface area contributed by atoms with Crippen LogP contribution in [0.3, 0.4) is 0 Å². The predicted molar refractivity (Wildman–Crippen MR) is 74.2 cm³/mol. The highest BCUT2D eigenvalue weighted by atomic mass is 32.1. The molecule has 3 nitrogen and oxygen atoms in total. The summed E-state index contributed by atoms with van der Waals surface area (Å²) < 4.78 is 5.63. The van der Waals surface area contributed by atoms with Crippen LogP contribution in [-0.4, -0.2) is 41.4 Å². The molecule has 0 amide bonds. The van der Waals surface area contributed by atoms with E-state index in [1.165, 1.54) is 32.1 Å². The van der Waals surface area contributed by atoms with Crippen molar-refractivity contribution in [1.82, 2.24) is 10.2 Å². The Bertz CT molecular complexity index is 266. The normalized spacial score (nSPS) is 31.3. The van der Waals surface area contributed by atoms with Crippen molar-refractivity contribution in [2.24, 2.45) is 0 Å². The van der Waals surface area contributed by atoms with E-state index in [9.17, 15) is 0 Å². The van der Waals surface area contributed by atoms with Gasteiger partial charge >= 0.3 is 0 Å². The molecule has 2 atom stereocenters. The van der Waals surface area contributed by atoms with Gasteiger partial charge in [-0.3, -0.25) is 0 Å². The van der Waals surface area contributed by atoms with Gasteiger partial charge in [0.2, 0.25) is 0 Å². The first-order valence-corrected chi connectivity index (χ1v) is 7.26. The van der Waals surface area contributed by atoms with Crippen LogP contribution >= 0.6 is 12.2 Å². The van der Waals surface area contributed by atoms with Crippen molar-refractivity contribution in [3.8, 4) is 0 Å². The van der Waals surface area contributed by atoms with Crippen LogP contribution in [0.15, 0.2) is 0 Å². The third kappa shape index (κ3) is 3.55.